The molecule has 6 nitrogen and oxygen atoms in total. The van der Waals surface area contributed by atoms with Crippen molar-refractivity contribution < 1.29 is 14.1 Å². The largest absolute Gasteiger partial charge is 0.378 e. The smallest absolute Gasteiger partial charge is 0.259 e. The Labute approximate surface area is 153 Å². The van der Waals surface area contributed by atoms with Crippen molar-refractivity contribution in [3.8, 4) is 11.3 Å². The molecule has 0 spiro atoms. The maximum atomic E-state index is 13.1. The summed E-state index contributed by atoms with van der Waals surface area (Å²) in [7, 11) is 0. The van der Waals surface area contributed by atoms with E-state index in [1.165, 1.54) is 6.20 Å². The number of carbonyl (C=O) groups is 1. The van der Waals surface area contributed by atoms with Crippen LogP contribution in [0.2, 0.25) is 0 Å². The van der Waals surface area contributed by atoms with Gasteiger partial charge in [-0.1, -0.05) is 48.8 Å². The average Bonchev–Trinajstić information content (AvgIpc) is 3.18. The van der Waals surface area contributed by atoms with Crippen LogP contribution < -0.4 is 0 Å². The second kappa shape index (κ2) is 7.60. The standard InChI is InChI=1S/C20H25N3O3/c1-2-6-16-13-25-14-17-12-22(9-10-23(16)17)20(24)18-11-21-26-19(18)15-7-4-3-5-8-15/h3-5,7-8,11,16-17H,2,6,9-10,12-14H2,1H3/t16-,17+/m0/s1. The van der Waals surface area contributed by atoms with Gasteiger partial charge in [0.25, 0.3) is 5.91 Å². The molecule has 138 valence electrons. The Morgan fingerprint density at radius 3 is 2.88 bits per heavy atom. The van der Waals surface area contributed by atoms with Crippen molar-refractivity contribution in [2.24, 2.45) is 0 Å². The molecule has 3 heterocycles. The summed E-state index contributed by atoms with van der Waals surface area (Å²) in [5, 5.41) is 3.87. The molecule has 1 aromatic heterocycles. The minimum absolute atomic E-state index is 0.0117. The quantitative estimate of drug-likeness (QED) is 0.844. The minimum atomic E-state index is -0.0117. The zero-order valence-electron chi connectivity index (χ0n) is 15.1. The van der Waals surface area contributed by atoms with Crippen LogP contribution >= 0.6 is 0 Å². The number of carbonyl (C=O) groups excluding carboxylic acids is 1. The molecule has 1 amide bonds. The summed E-state index contributed by atoms with van der Waals surface area (Å²) in [4.78, 5) is 17.5. The van der Waals surface area contributed by atoms with Crippen molar-refractivity contribution in [3.63, 3.8) is 0 Å². The lowest BCUT2D eigenvalue weighted by atomic mass is 10.0. The van der Waals surface area contributed by atoms with Gasteiger partial charge >= 0.3 is 0 Å². The van der Waals surface area contributed by atoms with Crippen LogP contribution in [0.4, 0.5) is 0 Å². The van der Waals surface area contributed by atoms with Crippen LogP contribution in [-0.2, 0) is 4.74 Å². The minimum Gasteiger partial charge on any atom is -0.378 e. The van der Waals surface area contributed by atoms with Gasteiger partial charge in [-0.3, -0.25) is 9.69 Å². The SMILES string of the molecule is CCC[C@H]1COC[C@H]2CN(C(=O)c3cnoc3-c3ccccc3)CCN12. The number of rotatable bonds is 4. The molecule has 0 aliphatic carbocycles. The fraction of sp³-hybridized carbons (Fsp3) is 0.500. The van der Waals surface area contributed by atoms with E-state index in [1.54, 1.807) is 0 Å². The van der Waals surface area contributed by atoms with Gasteiger partial charge in [0.1, 0.15) is 5.56 Å². The highest BCUT2D eigenvalue weighted by Crippen LogP contribution is 2.27. The number of piperazine rings is 1. The lowest BCUT2D eigenvalue weighted by Gasteiger charge is -2.48. The molecule has 2 atom stereocenters. The Morgan fingerprint density at radius 1 is 1.23 bits per heavy atom. The Bertz CT molecular complexity index is 744. The number of ether oxygens (including phenoxy) is 1. The van der Waals surface area contributed by atoms with Crippen LogP contribution in [0, 0.1) is 0 Å². The molecule has 2 aromatic rings. The van der Waals surface area contributed by atoms with Gasteiger partial charge in [0.05, 0.1) is 25.5 Å². The second-order valence-electron chi connectivity index (χ2n) is 7.06. The van der Waals surface area contributed by atoms with Gasteiger partial charge in [0.15, 0.2) is 5.76 Å². The van der Waals surface area contributed by atoms with Gasteiger partial charge < -0.3 is 14.2 Å². The van der Waals surface area contributed by atoms with E-state index in [-0.39, 0.29) is 11.9 Å². The highest BCUT2D eigenvalue weighted by atomic mass is 16.5. The highest BCUT2D eigenvalue weighted by molar-refractivity contribution is 5.99. The van der Waals surface area contributed by atoms with Crippen LogP contribution in [-0.4, -0.2) is 65.8 Å². The van der Waals surface area contributed by atoms with Crippen LogP contribution in [0.15, 0.2) is 41.1 Å². The number of hydrogen-bond acceptors (Lipinski definition) is 5. The topological polar surface area (TPSA) is 58.8 Å². The van der Waals surface area contributed by atoms with Crippen molar-refractivity contribution in [3.05, 3.63) is 42.1 Å². The molecular formula is C20H25N3O3. The number of amides is 1. The monoisotopic (exact) mass is 355 g/mol. The predicted octanol–water partition coefficient (Wildman–Crippen LogP) is 2.67. The number of benzene rings is 1. The molecule has 0 unspecified atom stereocenters. The average molecular weight is 355 g/mol. The first kappa shape index (κ1) is 17.2. The molecule has 4 rings (SSSR count). The first-order valence-corrected chi connectivity index (χ1v) is 9.40. The van der Waals surface area contributed by atoms with Crippen LogP contribution in [0.5, 0.6) is 0 Å². The summed E-state index contributed by atoms with van der Waals surface area (Å²) in [5.41, 5.74) is 1.41. The molecule has 2 aliphatic rings. The summed E-state index contributed by atoms with van der Waals surface area (Å²) in [5.74, 6) is 0.532. The maximum Gasteiger partial charge on any atom is 0.259 e. The Hall–Kier alpha value is -2.18. The number of aromatic nitrogens is 1. The zero-order chi connectivity index (χ0) is 17.9. The first-order chi connectivity index (χ1) is 12.8. The van der Waals surface area contributed by atoms with Gasteiger partial charge in [-0.05, 0) is 6.42 Å². The van der Waals surface area contributed by atoms with E-state index in [0.29, 0.717) is 30.5 Å². The normalized spacial score (nSPS) is 23.7. The summed E-state index contributed by atoms with van der Waals surface area (Å²) >= 11 is 0. The molecule has 2 fully saturated rings. The number of fused-ring (bicyclic) bond motifs is 1. The Kier molecular flexibility index (Phi) is 5.04. The van der Waals surface area contributed by atoms with Crippen LogP contribution in [0.25, 0.3) is 11.3 Å². The van der Waals surface area contributed by atoms with E-state index in [1.807, 2.05) is 35.2 Å². The van der Waals surface area contributed by atoms with Crippen molar-refractivity contribution in [1.29, 1.82) is 0 Å². The van der Waals surface area contributed by atoms with Crippen molar-refractivity contribution >= 4 is 5.91 Å². The van der Waals surface area contributed by atoms with Crippen molar-refractivity contribution in [2.45, 2.75) is 31.8 Å². The second-order valence-corrected chi connectivity index (χ2v) is 7.06. The lowest BCUT2D eigenvalue weighted by molar-refractivity contribution is -0.0776. The van der Waals surface area contributed by atoms with Gasteiger partial charge in [-0.2, -0.15) is 0 Å². The van der Waals surface area contributed by atoms with Gasteiger partial charge in [0.2, 0.25) is 0 Å². The molecular weight excluding hydrogens is 330 g/mol. The molecule has 0 radical (unpaired) electrons. The van der Waals surface area contributed by atoms with Gasteiger partial charge in [-0.25, -0.2) is 0 Å². The summed E-state index contributed by atoms with van der Waals surface area (Å²) < 4.78 is 11.2. The molecule has 1 aromatic carbocycles. The maximum absolute atomic E-state index is 13.1. The van der Waals surface area contributed by atoms with E-state index in [9.17, 15) is 4.79 Å². The fourth-order valence-electron chi connectivity index (χ4n) is 4.06. The molecule has 26 heavy (non-hydrogen) atoms. The molecule has 0 bridgehead atoms. The summed E-state index contributed by atoms with van der Waals surface area (Å²) in [6, 6.07) is 10.4. The first-order valence-electron chi connectivity index (χ1n) is 9.40. The van der Waals surface area contributed by atoms with Gasteiger partial charge in [-0.15, -0.1) is 0 Å². The molecule has 6 heteroatoms. The van der Waals surface area contributed by atoms with Gasteiger partial charge in [0, 0.05) is 31.2 Å². The Morgan fingerprint density at radius 2 is 2.08 bits per heavy atom. The summed E-state index contributed by atoms with van der Waals surface area (Å²) in [6.07, 6.45) is 3.84. The van der Waals surface area contributed by atoms with E-state index >= 15 is 0 Å². The van der Waals surface area contributed by atoms with Crippen molar-refractivity contribution in [2.75, 3.05) is 32.8 Å². The third-order valence-corrected chi connectivity index (χ3v) is 5.36. The molecule has 2 saturated heterocycles. The van der Waals surface area contributed by atoms with E-state index in [4.69, 9.17) is 9.26 Å². The molecule has 0 N–H and O–H groups in total. The number of nitrogens with zero attached hydrogens (tertiary/aromatic N) is 3. The molecule has 0 saturated carbocycles. The summed E-state index contributed by atoms with van der Waals surface area (Å²) in [6.45, 7) is 6.03. The number of morpholine rings is 1. The van der Waals surface area contributed by atoms with Crippen LogP contribution in [0.3, 0.4) is 0 Å². The third-order valence-electron chi connectivity index (χ3n) is 5.36. The van der Waals surface area contributed by atoms with E-state index < -0.39 is 0 Å². The van der Waals surface area contributed by atoms with E-state index in [2.05, 4.69) is 17.0 Å². The lowest BCUT2D eigenvalue weighted by Crippen LogP contribution is -2.62. The van der Waals surface area contributed by atoms with Crippen molar-refractivity contribution in [1.82, 2.24) is 15.0 Å². The zero-order valence-corrected chi connectivity index (χ0v) is 15.1. The molecule has 2 aliphatic heterocycles. The third kappa shape index (κ3) is 3.27. The van der Waals surface area contributed by atoms with Crippen LogP contribution in [0.1, 0.15) is 30.1 Å². The predicted molar refractivity (Wildman–Crippen MR) is 97.9 cm³/mol. The fourth-order valence-corrected chi connectivity index (χ4v) is 4.06. The number of hydrogen-bond donors (Lipinski definition) is 0. The van der Waals surface area contributed by atoms with E-state index in [0.717, 1.165) is 38.1 Å². The highest BCUT2D eigenvalue weighted by Gasteiger charge is 2.37. The Balaban J connectivity index is 1.50.